The van der Waals surface area contributed by atoms with Crippen LogP contribution >= 0.6 is 0 Å². The van der Waals surface area contributed by atoms with Gasteiger partial charge in [-0.15, -0.1) is 0 Å². The molecule has 5 nitrogen and oxygen atoms in total. The molecule has 1 heterocycles. The summed E-state index contributed by atoms with van der Waals surface area (Å²) in [6.45, 7) is 5.31. The zero-order valence-electron chi connectivity index (χ0n) is 17.3. The zero-order chi connectivity index (χ0) is 20.7. The van der Waals surface area contributed by atoms with Crippen molar-refractivity contribution in [3.05, 3.63) is 66.2 Å². The normalized spacial score (nSPS) is 15.9. The van der Waals surface area contributed by atoms with Crippen molar-refractivity contribution in [3.63, 3.8) is 0 Å². The molecule has 1 atom stereocenters. The predicted molar refractivity (Wildman–Crippen MR) is 114 cm³/mol. The van der Waals surface area contributed by atoms with E-state index in [-0.39, 0.29) is 17.9 Å². The van der Waals surface area contributed by atoms with Crippen LogP contribution in [-0.2, 0) is 16.0 Å². The maximum absolute atomic E-state index is 13.0. The SMILES string of the molecule is CCC(C)NC(=O)C1(Cc2ccccc2)CN(C(=O)CCOc2ccccc2)C1. The zero-order valence-corrected chi connectivity index (χ0v) is 17.3. The Balaban J connectivity index is 1.58. The van der Waals surface area contributed by atoms with E-state index in [0.29, 0.717) is 32.5 Å². The monoisotopic (exact) mass is 394 g/mol. The molecule has 0 spiro atoms. The molecule has 1 fully saturated rings. The molecule has 0 radical (unpaired) electrons. The number of likely N-dealkylation sites (tertiary alicyclic amines) is 1. The van der Waals surface area contributed by atoms with Gasteiger partial charge in [0.1, 0.15) is 5.75 Å². The van der Waals surface area contributed by atoms with Crippen molar-refractivity contribution in [2.45, 2.75) is 39.2 Å². The number of ether oxygens (including phenoxy) is 1. The maximum Gasteiger partial charge on any atom is 0.230 e. The summed E-state index contributed by atoms with van der Waals surface area (Å²) in [6, 6.07) is 19.6. The minimum atomic E-state index is -0.555. The fourth-order valence-electron chi connectivity index (χ4n) is 3.59. The molecular formula is C24H30N2O3. The molecule has 1 aliphatic rings. The van der Waals surface area contributed by atoms with Gasteiger partial charge in [-0.2, -0.15) is 0 Å². The van der Waals surface area contributed by atoms with Crippen LogP contribution in [0.2, 0.25) is 0 Å². The Labute approximate surface area is 173 Å². The molecule has 5 heteroatoms. The molecule has 1 N–H and O–H groups in total. The van der Waals surface area contributed by atoms with Gasteiger partial charge in [0.2, 0.25) is 11.8 Å². The predicted octanol–water partition coefficient (Wildman–Crippen LogP) is 3.44. The molecule has 29 heavy (non-hydrogen) atoms. The van der Waals surface area contributed by atoms with Crippen molar-refractivity contribution in [1.29, 1.82) is 0 Å². The Morgan fingerprint density at radius 1 is 1.07 bits per heavy atom. The molecule has 2 aromatic rings. The van der Waals surface area contributed by atoms with E-state index in [1.54, 1.807) is 4.90 Å². The molecule has 1 saturated heterocycles. The highest BCUT2D eigenvalue weighted by Gasteiger charge is 2.50. The molecule has 1 unspecified atom stereocenters. The van der Waals surface area contributed by atoms with E-state index < -0.39 is 5.41 Å². The summed E-state index contributed by atoms with van der Waals surface area (Å²) in [4.78, 5) is 27.4. The smallest absolute Gasteiger partial charge is 0.230 e. The molecule has 2 amide bonds. The van der Waals surface area contributed by atoms with E-state index >= 15 is 0 Å². The van der Waals surface area contributed by atoms with Gasteiger partial charge < -0.3 is 15.0 Å². The average Bonchev–Trinajstić information content (AvgIpc) is 2.71. The number of rotatable bonds is 9. The number of nitrogens with one attached hydrogen (secondary N) is 1. The summed E-state index contributed by atoms with van der Waals surface area (Å²) in [7, 11) is 0. The van der Waals surface area contributed by atoms with Crippen LogP contribution in [0.4, 0.5) is 0 Å². The van der Waals surface area contributed by atoms with E-state index in [1.807, 2.05) is 67.6 Å². The Morgan fingerprint density at radius 2 is 1.69 bits per heavy atom. The molecule has 0 aromatic heterocycles. The lowest BCUT2D eigenvalue weighted by molar-refractivity contribution is -0.154. The highest BCUT2D eigenvalue weighted by Crippen LogP contribution is 2.35. The summed E-state index contributed by atoms with van der Waals surface area (Å²) in [5, 5.41) is 3.12. The molecule has 0 saturated carbocycles. The van der Waals surface area contributed by atoms with E-state index in [2.05, 4.69) is 12.2 Å². The second kappa shape index (κ2) is 9.59. The van der Waals surface area contributed by atoms with Crippen LogP contribution in [0.15, 0.2) is 60.7 Å². The number of carbonyl (C=O) groups is 2. The summed E-state index contributed by atoms with van der Waals surface area (Å²) < 4.78 is 5.63. The van der Waals surface area contributed by atoms with E-state index in [9.17, 15) is 9.59 Å². The summed E-state index contributed by atoms with van der Waals surface area (Å²) in [5.41, 5.74) is 0.562. The second-order valence-corrected chi connectivity index (χ2v) is 7.89. The van der Waals surface area contributed by atoms with Crippen LogP contribution in [0.3, 0.4) is 0 Å². The first kappa shape index (κ1) is 20.9. The number of carbonyl (C=O) groups excluding carboxylic acids is 2. The maximum atomic E-state index is 13.0. The van der Waals surface area contributed by atoms with Crippen LogP contribution in [0.1, 0.15) is 32.3 Å². The highest BCUT2D eigenvalue weighted by atomic mass is 16.5. The van der Waals surface area contributed by atoms with Crippen molar-refractivity contribution >= 4 is 11.8 Å². The Hall–Kier alpha value is -2.82. The van der Waals surface area contributed by atoms with Gasteiger partial charge in [0, 0.05) is 19.1 Å². The third-order valence-electron chi connectivity index (χ3n) is 5.52. The lowest BCUT2D eigenvalue weighted by Crippen LogP contribution is -2.66. The Morgan fingerprint density at radius 3 is 2.31 bits per heavy atom. The first-order valence-corrected chi connectivity index (χ1v) is 10.3. The molecule has 154 valence electrons. The number of para-hydroxylation sites is 1. The average molecular weight is 395 g/mol. The van der Waals surface area contributed by atoms with Gasteiger partial charge in [0.25, 0.3) is 0 Å². The number of nitrogens with zero attached hydrogens (tertiary/aromatic N) is 1. The Bertz CT molecular complexity index is 801. The molecule has 0 aliphatic carbocycles. The van der Waals surface area contributed by atoms with Gasteiger partial charge in [-0.1, -0.05) is 55.5 Å². The first-order valence-electron chi connectivity index (χ1n) is 10.3. The van der Waals surface area contributed by atoms with Gasteiger partial charge in [-0.25, -0.2) is 0 Å². The molecule has 3 rings (SSSR count). The molecule has 0 bridgehead atoms. The fourth-order valence-corrected chi connectivity index (χ4v) is 3.59. The van der Waals surface area contributed by atoms with Crippen molar-refractivity contribution in [2.24, 2.45) is 5.41 Å². The lowest BCUT2D eigenvalue weighted by atomic mass is 9.73. The standard InChI is InChI=1S/C24H30N2O3/c1-3-19(2)25-23(28)24(16-20-10-6-4-7-11-20)17-26(18-24)22(27)14-15-29-21-12-8-5-9-13-21/h4-13,19H,3,14-18H2,1-2H3,(H,25,28). The van der Waals surface area contributed by atoms with Crippen molar-refractivity contribution in [3.8, 4) is 5.75 Å². The van der Waals surface area contributed by atoms with E-state index in [4.69, 9.17) is 4.74 Å². The van der Waals surface area contributed by atoms with Crippen molar-refractivity contribution in [2.75, 3.05) is 19.7 Å². The Kier molecular flexibility index (Phi) is 6.91. The van der Waals surface area contributed by atoms with Crippen molar-refractivity contribution in [1.82, 2.24) is 10.2 Å². The third kappa shape index (κ3) is 5.37. The summed E-state index contributed by atoms with van der Waals surface area (Å²) in [5.74, 6) is 0.830. The number of benzene rings is 2. The molecule has 2 aromatic carbocycles. The molecular weight excluding hydrogens is 364 g/mol. The van der Waals surface area contributed by atoms with Gasteiger partial charge in [0.05, 0.1) is 18.4 Å². The third-order valence-corrected chi connectivity index (χ3v) is 5.52. The summed E-state index contributed by atoms with van der Waals surface area (Å²) >= 11 is 0. The van der Waals surface area contributed by atoms with Crippen LogP contribution in [0.5, 0.6) is 5.75 Å². The van der Waals surface area contributed by atoms with Gasteiger partial charge >= 0.3 is 0 Å². The fraction of sp³-hybridized carbons (Fsp3) is 0.417. The topological polar surface area (TPSA) is 58.6 Å². The highest BCUT2D eigenvalue weighted by molar-refractivity contribution is 5.88. The molecule has 1 aliphatic heterocycles. The van der Waals surface area contributed by atoms with Crippen LogP contribution < -0.4 is 10.1 Å². The van der Waals surface area contributed by atoms with Crippen LogP contribution in [-0.4, -0.2) is 42.5 Å². The minimum absolute atomic E-state index is 0.0287. The van der Waals surface area contributed by atoms with Gasteiger partial charge in [-0.3, -0.25) is 9.59 Å². The first-order chi connectivity index (χ1) is 14.0. The lowest BCUT2D eigenvalue weighted by Gasteiger charge is -2.49. The number of hydrogen-bond donors (Lipinski definition) is 1. The van der Waals surface area contributed by atoms with Crippen LogP contribution in [0, 0.1) is 5.41 Å². The van der Waals surface area contributed by atoms with Gasteiger partial charge in [0.15, 0.2) is 0 Å². The number of hydrogen-bond acceptors (Lipinski definition) is 3. The van der Waals surface area contributed by atoms with Gasteiger partial charge in [-0.05, 0) is 37.5 Å². The largest absolute Gasteiger partial charge is 0.493 e. The van der Waals surface area contributed by atoms with Crippen molar-refractivity contribution < 1.29 is 14.3 Å². The van der Waals surface area contributed by atoms with E-state index in [1.165, 1.54) is 0 Å². The summed E-state index contributed by atoms with van der Waals surface area (Å²) in [6.07, 6.45) is 1.83. The van der Waals surface area contributed by atoms with Crippen LogP contribution in [0.25, 0.3) is 0 Å². The minimum Gasteiger partial charge on any atom is -0.493 e. The quantitative estimate of drug-likeness (QED) is 0.709. The second-order valence-electron chi connectivity index (χ2n) is 7.89. The number of amides is 2. The van der Waals surface area contributed by atoms with E-state index in [0.717, 1.165) is 17.7 Å².